The van der Waals surface area contributed by atoms with Crippen molar-refractivity contribution in [3.05, 3.63) is 29.3 Å². The average molecular weight is 350 g/mol. The molecule has 0 bridgehead atoms. The Hall–Kier alpha value is -2.08. The van der Waals surface area contributed by atoms with E-state index in [2.05, 4.69) is 5.32 Å². The number of nitrogens with zero attached hydrogens (tertiary/aromatic N) is 2. The zero-order valence-electron chi connectivity index (χ0n) is 13.3. The molecule has 128 valence electrons. The summed E-state index contributed by atoms with van der Waals surface area (Å²) in [5.41, 5.74) is 0.593. The Kier molecular flexibility index (Phi) is 5.04. The maximum Gasteiger partial charge on any atom is 0.316 e. The van der Waals surface area contributed by atoms with Gasteiger partial charge in [-0.15, -0.1) is 0 Å². The molecule has 1 heterocycles. The average Bonchev–Trinajstić information content (AvgIpc) is 3.05. The van der Waals surface area contributed by atoms with E-state index in [1.807, 2.05) is 0 Å². The van der Waals surface area contributed by atoms with E-state index >= 15 is 0 Å². The van der Waals surface area contributed by atoms with Gasteiger partial charge in [0.25, 0.3) is 0 Å². The van der Waals surface area contributed by atoms with E-state index in [-0.39, 0.29) is 18.5 Å². The minimum absolute atomic E-state index is 0.0650. The van der Waals surface area contributed by atoms with Gasteiger partial charge in [-0.1, -0.05) is 30.5 Å². The number of carbonyl (C=O) groups excluding carboxylic acids is 3. The number of hydrogen-bond donors (Lipinski definition) is 1. The van der Waals surface area contributed by atoms with Crippen molar-refractivity contribution in [1.82, 2.24) is 10.2 Å². The fourth-order valence-corrected chi connectivity index (χ4v) is 3.42. The number of hydrogen-bond acceptors (Lipinski definition) is 3. The van der Waals surface area contributed by atoms with Crippen LogP contribution in [0, 0.1) is 0 Å². The standard InChI is InChI=1S/C17H20ClN3O3/c18-12-4-3-7-14(10-12)21-9-8-20(16(23)17(21)24)11-15(22)19-13-5-1-2-6-13/h3-4,7,10,13H,1-2,5-6,8-9,11H2,(H,19,22). The van der Waals surface area contributed by atoms with Crippen molar-refractivity contribution < 1.29 is 14.4 Å². The Morgan fingerprint density at radius 3 is 2.62 bits per heavy atom. The third-order valence-electron chi connectivity index (χ3n) is 4.48. The van der Waals surface area contributed by atoms with Gasteiger partial charge >= 0.3 is 11.8 Å². The van der Waals surface area contributed by atoms with E-state index in [4.69, 9.17) is 11.6 Å². The molecule has 2 fully saturated rings. The zero-order chi connectivity index (χ0) is 17.1. The molecule has 1 aromatic carbocycles. The summed E-state index contributed by atoms with van der Waals surface area (Å²) >= 11 is 5.94. The molecular formula is C17H20ClN3O3. The number of nitrogens with one attached hydrogen (secondary N) is 1. The van der Waals surface area contributed by atoms with E-state index in [9.17, 15) is 14.4 Å². The lowest BCUT2D eigenvalue weighted by Gasteiger charge is -2.33. The smallest absolute Gasteiger partial charge is 0.316 e. The van der Waals surface area contributed by atoms with Gasteiger partial charge in [-0.3, -0.25) is 14.4 Å². The molecule has 24 heavy (non-hydrogen) atoms. The van der Waals surface area contributed by atoms with E-state index in [0.717, 1.165) is 25.7 Å². The quantitative estimate of drug-likeness (QED) is 0.839. The monoisotopic (exact) mass is 349 g/mol. The van der Waals surface area contributed by atoms with Gasteiger partial charge in [-0.05, 0) is 31.0 Å². The summed E-state index contributed by atoms with van der Waals surface area (Å²) in [7, 11) is 0. The molecule has 3 amide bonds. The summed E-state index contributed by atoms with van der Waals surface area (Å²) in [4.78, 5) is 39.4. The molecule has 6 nitrogen and oxygen atoms in total. The summed E-state index contributed by atoms with van der Waals surface area (Å²) < 4.78 is 0. The van der Waals surface area contributed by atoms with Gasteiger partial charge in [0.2, 0.25) is 5.91 Å². The minimum atomic E-state index is -0.650. The van der Waals surface area contributed by atoms with E-state index in [1.54, 1.807) is 24.3 Å². The minimum Gasteiger partial charge on any atom is -0.352 e. The molecule has 3 rings (SSSR count). The van der Waals surface area contributed by atoms with Crippen LogP contribution in [-0.4, -0.2) is 48.3 Å². The molecule has 1 aliphatic carbocycles. The van der Waals surface area contributed by atoms with Gasteiger partial charge in [0.15, 0.2) is 0 Å². The fourth-order valence-electron chi connectivity index (χ4n) is 3.23. The molecule has 0 spiro atoms. The van der Waals surface area contributed by atoms with Gasteiger partial charge in [-0.2, -0.15) is 0 Å². The lowest BCUT2D eigenvalue weighted by atomic mass is 10.2. The van der Waals surface area contributed by atoms with Gasteiger partial charge < -0.3 is 15.1 Å². The highest BCUT2D eigenvalue weighted by atomic mass is 35.5. The molecule has 1 aliphatic heterocycles. The molecule has 0 aromatic heterocycles. The van der Waals surface area contributed by atoms with Crippen molar-refractivity contribution in [2.24, 2.45) is 0 Å². The predicted molar refractivity (Wildman–Crippen MR) is 90.8 cm³/mol. The zero-order valence-corrected chi connectivity index (χ0v) is 14.1. The van der Waals surface area contributed by atoms with E-state index in [0.29, 0.717) is 23.8 Å². The van der Waals surface area contributed by atoms with Crippen molar-refractivity contribution in [3.8, 4) is 0 Å². The summed E-state index contributed by atoms with van der Waals surface area (Å²) in [5, 5.41) is 3.44. The summed E-state index contributed by atoms with van der Waals surface area (Å²) in [6.45, 7) is 0.612. The molecule has 0 radical (unpaired) electrons. The second kappa shape index (κ2) is 7.21. The summed E-state index contributed by atoms with van der Waals surface area (Å²) in [6.07, 6.45) is 4.23. The van der Waals surface area contributed by atoms with Gasteiger partial charge in [0, 0.05) is 29.8 Å². The van der Waals surface area contributed by atoms with Crippen molar-refractivity contribution in [3.63, 3.8) is 0 Å². The van der Waals surface area contributed by atoms with Crippen molar-refractivity contribution >= 4 is 35.0 Å². The third kappa shape index (κ3) is 3.70. The SMILES string of the molecule is O=C(CN1CCN(c2cccc(Cl)c2)C(=O)C1=O)NC1CCCC1. The summed E-state index contributed by atoms with van der Waals surface area (Å²) in [5.74, 6) is -1.47. The third-order valence-corrected chi connectivity index (χ3v) is 4.72. The van der Waals surface area contributed by atoms with Crippen LogP contribution in [0.1, 0.15) is 25.7 Å². The van der Waals surface area contributed by atoms with Crippen LogP contribution in [0.15, 0.2) is 24.3 Å². The number of benzene rings is 1. The van der Waals surface area contributed by atoms with Gasteiger partial charge in [0.1, 0.15) is 6.54 Å². The fraction of sp³-hybridized carbons (Fsp3) is 0.471. The van der Waals surface area contributed by atoms with Crippen LogP contribution in [0.3, 0.4) is 0 Å². The largest absolute Gasteiger partial charge is 0.352 e. The van der Waals surface area contributed by atoms with Crippen LogP contribution in [0.5, 0.6) is 0 Å². The highest BCUT2D eigenvalue weighted by molar-refractivity contribution is 6.41. The van der Waals surface area contributed by atoms with Crippen molar-refractivity contribution in [2.75, 3.05) is 24.5 Å². The molecular weight excluding hydrogens is 330 g/mol. The van der Waals surface area contributed by atoms with Crippen LogP contribution in [0.4, 0.5) is 5.69 Å². The number of carbonyl (C=O) groups is 3. The second-order valence-corrected chi connectivity index (χ2v) is 6.65. The molecule has 0 atom stereocenters. The first-order valence-electron chi connectivity index (χ1n) is 8.20. The first-order valence-corrected chi connectivity index (χ1v) is 8.58. The molecule has 1 N–H and O–H groups in total. The Morgan fingerprint density at radius 1 is 1.17 bits per heavy atom. The Morgan fingerprint density at radius 2 is 1.92 bits per heavy atom. The van der Waals surface area contributed by atoms with E-state index in [1.165, 1.54) is 9.80 Å². The van der Waals surface area contributed by atoms with Gasteiger partial charge in [0.05, 0.1) is 0 Å². The predicted octanol–water partition coefficient (Wildman–Crippen LogP) is 1.57. The maximum atomic E-state index is 12.3. The van der Waals surface area contributed by atoms with Crippen LogP contribution in [-0.2, 0) is 14.4 Å². The summed E-state index contributed by atoms with van der Waals surface area (Å²) in [6, 6.07) is 7.03. The highest BCUT2D eigenvalue weighted by Crippen LogP contribution is 2.22. The topological polar surface area (TPSA) is 69.7 Å². The van der Waals surface area contributed by atoms with Crippen LogP contribution in [0.2, 0.25) is 5.02 Å². The number of amides is 3. The molecule has 1 saturated carbocycles. The first kappa shape index (κ1) is 16.8. The highest BCUT2D eigenvalue weighted by Gasteiger charge is 2.34. The second-order valence-electron chi connectivity index (χ2n) is 6.21. The first-order chi connectivity index (χ1) is 11.5. The van der Waals surface area contributed by atoms with E-state index < -0.39 is 11.8 Å². The number of piperazine rings is 1. The van der Waals surface area contributed by atoms with Crippen molar-refractivity contribution in [2.45, 2.75) is 31.7 Å². The van der Waals surface area contributed by atoms with Crippen LogP contribution in [0.25, 0.3) is 0 Å². The Labute approximate surface area is 145 Å². The maximum absolute atomic E-state index is 12.3. The Balaban J connectivity index is 1.60. The molecule has 0 unspecified atom stereocenters. The molecule has 7 heteroatoms. The molecule has 1 saturated heterocycles. The lowest BCUT2D eigenvalue weighted by molar-refractivity contribution is -0.147. The number of rotatable bonds is 4. The van der Waals surface area contributed by atoms with Crippen LogP contribution < -0.4 is 10.2 Å². The Bertz CT molecular complexity index is 658. The number of anilines is 1. The van der Waals surface area contributed by atoms with Crippen LogP contribution >= 0.6 is 11.6 Å². The lowest BCUT2D eigenvalue weighted by Crippen LogP contribution is -2.56. The number of halogens is 1. The molecule has 2 aliphatic rings. The normalized spacial score (nSPS) is 19.0. The molecule has 1 aromatic rings. The van der Waals surface area contributed by atoms with Crippen molar-refractivity contribution in [1.29, 1.82) is 0 Å². The van der Waals surface area contributed by atoms with Gasteiger partial charge in [-0.25, -0.2) is 0 Å².